The van der Waals surface area contributed by atoms with Crippen LogP contribution in [0.2, 0.25) is 5.02 Å². The van der Waals surface area contributed by atoms with E-state index in [0.29, 0.717) is 16.4 Å². The van der Waals surface area contributed by atoms with E-state index in [4.69, 9.17) is 16.3 Å². The first-order valence-corrected chi connectivity index (χ1v) is 9.03. The number of fused-ring (bicyclic) bond motifs is 2. The van der Waals surface area contributed by atoms with Gasteiger partial charge in [-0.25, -0.2) is 4.79 Å². The molecule has 0 spiro atoms. The molecule has 0 unspecified atom stereocenters. The number of hydrogen-bond acceptors (Lipinski definition) is 4. The number of esters is 1. The van der Waals surface area contributed by atoms with Gasteiger partial charge in [-0.05, 0) is 42.5 Å². The predicted octanol–water partition coefficient (Wildman–Crippen LogP) is 4.65. The summed E-state index contributed by atoms with van der Waals surface area (Å²) in [5, 5.41) is 0.532. The van der Waals surface area contributed by atoms with Gasteiger partial charge in [0.05, 0.1) is 11.4 Å². The summed E-state index contributed by atoms with van der Waals surface area (Å²) in [6.45, 7) is -0.372. The SMILES string of the molecule is O=C(OCC(=O)N1c2ccccc2Sc2ccc(Cl)cc21)c1ccc[nH]1. The van der Waals surface area contributed by atoms with E-state index in [2.05, 4.69) is 4.98 Å². The van der Waals surface area contributed by atoms with Gasteiger partial charge in [0, 0.05) is 21.0 Å². The lowest BCUT2D eigenvalue weighted by atomic mass is 10.2. The normalized spacial score (nSPS) is 12.3. The molecule has 0 aliphatic carbocycles. The van der Waals surface area contributed by atoms with E-state index in [1.165, 1.54) is 0 Å². The van der Waals surface area contributed by atoms with Crippen molar-refractivity contribution in [1.82, 2.24) is 4.98 Å². The summed E-state index contributed by atoms with van der Waals surface area (Å²) in [5.74, 6) is -0.921. The fraction of sp³-hybridized carbons (Fsp3) is 0.0526. The quantitative estimate of drug-likeness (QED) is 0.667. The third-order valence-corrected chi connectivity index (χ3v) is 5.25. The Balaban J connectivity index is 1.63. The summed E-state index contributed by atoms with van der Waals surface area (Å²) in [5.41, 5.74) is 1.73. The summed E-state index contributed by atoms with van der Waals surface area (Å²) in [4.78, 5) is 31.1. The minimum Gasteiger partial charge on any atom is -0.451 e. The Kier molecular flexibility index (Phi) is 4.44. The maximum absolute atomic E-state index is 12.9. The molecule has 0 bridgehead atoms. The van der Waals surface area contributed by atoms with Crippen LogP contribution in [-0.4, -0.2) is 23.5 Å². The largest absolute Gasteiger partial charge is 0.451 e. The highest BCUT2D eigenvalue weighted by molar-refractivity contribution is 7.99. The van der Waals surface area contributed by atoms with Crippen LogP contribution in [0.5, 0.6) is 0 Å². The predicted molar refractivity (Wildman–Crippen MR) is 100 cm³/mol. The van der Waals surface area contributed by atoms with Crippen molar-refractivity contribution >= 4 is 46.6 Å². The van der Waals surface area contributed by atoms with E-state index in [1.807, 2.05) is 30.3 Å². The number of nitrogens with one attached hydrogen (secondary N) is 1. The highest BCUT2D eigenvalue weighted by Crippen LogP contribution is 2.48. The molecule has 7 heteroatoms. The summed E-state index contributed by atoms with van der Waals surface area (Å²) in [7, 11) is 0. The van der Waals surface area contributed by atoms with E-state index in [9.17, 15) is 9.59 Å². The molecule has 2 aromatic carbocycles. The Bertz CT molecular complexity index is 988. The first-order chi connectivity index (χ1) is 12.6. The number of anilines is 2. The van der Waals surface area contributed by atoms with Crippen molar-refractivity contribution in [2.75, 3.05) is 11.5 Å². The van der Waals surface area contributed by atoms with Crippen molar-refractivity contribution in [3.63, 3.8) is 0 Å². The molecule has 5 nitrogen and oxygen atoms in total. The molecule has 26 heavy (non-hydrogen) atoms. The third kappa shape index (κ3) is 3.09. The highest BCUT2D eigenvalue weighted by Gasteiger charge is 2.29. The van der Waals surface area contributed by atoms with Crippen molar-refractivity contribution in [3.8, 4) is 0 Å². The number of benzene rings is 2. The van der Waals surface area contributed by atoms with E-state index in [1.54, 1.807) is 47.1 Å². The highest BCUT2D eigenvalue weighted by atomic mass is 35.5. The molecule has 0 atom stereocenters. The summed E-state index contributed by atoms with van der Waals surface area (Å²) < 4.78 is 5.16. The molecule has 1 N–H and O–H groups in total. The van der Waals surface area contributed by atoms with Crippen LogP contribution in [0.3, 0.4) is 0 Å². The molecule has 1 aliphatic heterocycles. The molecule has 0 fully saturated rings. The average molecular weight is 385 g/mol. The Morgan fingerprint density at radius 3 is 2.65 bits per heavy atom. The fourth-order valence-corrected chi connectivity index (χ4v) is 3.93. The number of aromatic nitrogens is 1. The number of amides is 1. The Labute approximate surface area is 158 Å². The second-order valence-electron chi connectivity index (χ2n) is 5.57. The Hall–Kier alpha value is -2.70. The molecule has 130 valence electrons. The summed E-state index contributed by atoms with van der Waals surface area (Å²) in [6, 6.07) is 16.3. The van der Waals surface area contributed by atoms with Crippen LogP contribution in [0, 0.1) is 0 Å². The minimum absolute atomic E-state index is 0.302. The number of aromatic amines is 1. The number of ether oxygens (including phenoxy) is 1. The van der Waals surface area contributed by atoms with Gasteiger partial charge in [-0.3, -0.25) is 9.69 Å². The van der Waals surface area contributed by atoms with Gasteiger partial charge in [0.2, 0.25) is 0 Å². The lowest BCUT2D eigenvalue weighted by Gasteiger charge is -2.31. The van der Waals surface area contributed by atoms with Crippen molar-refractivity contribution in [1.29, 1.82) is 0 Å². The van der Waals surface area contributed by atoms with Crippen LogP contribution in [0.1, 0.15) is 10.5 Å². The fourth-order valence-electron chi connectivity index (χ4n) is 2.72. The molecule has 1 aromatic heterocycles. The number of H-pyrrole nitrogens is 1. The van der Waals surface area contributed by atoms with Crippen LogP contribution in [-0.2, 0) is 9.53 Å². The van der Waals surface area contributed by atoms with Crippen LogP contribution < -0.4 is 4.90 Å². The van der Waals surface area contributed by atoms with E-state index < -0.39 is 5.97 Å². The second kappa shape index (κ2) is 6.90. The molecule has 1 aliphatic rings. The van der Waals surface area contributed by atoms with E-state index in [0.717, 1.165) is 15.5 Å². The molecule has 2 heterocycles. The number of hydrogen-bond donors (Lipinski definition) is 1. The van der Waals surface area contributed by atoms with E-state index in [-0.39, 0.29) is 12.5 Å². The van der Waals surface area contributed by atoms with Crippen molar-refractivity contribution in [2.24, 2.45) is 0 Å². The van der Waals surface area contributed by atoms with Crippen LogP contribution in [0.25, 0.3) is 0 Å². The van der Waals surface area contributed by atoms with Crippen LogP contribution in [0.4, 0.5) is 11.4 Å². The molecule has 0 saturated heterocycles. The summed E-state index contributed by atoms with van der Waals surface area (Å²) >= 11 is 7.70. The minimum atomic E-state index is -0.575. The second-order valence-corrected chi connectivity index (χ2v) is 7.09. The Morgan fingerprint density at radius 2 is 1.85 bits per heavy atom. The number of halogens is 1. The molecular formula is C19H13ClN2O3S. The van der Waals surface area contributed by atoms with Crippen LogP contribution >= 0.6 is 23.4 Å². The van der Waals surface area contributed by atoms with Gasteiger partial charge >= 0.3 is 5.97 Å². The zero-order valence-electron chi connectivity index (χ0n) is 13.4. The van der Waals surface area contributed by atoms with Crippen molar-refractivity contribution in [3.05, 3.63) is 71.5 Å². The van der Waals surface area contributed by atoms with E-state index >= 15 is 0 Å². The first-order valence-electron chi connectivity index (χ1n) is 7.83. The molecule has 4 rings (SSSR count). The maximum atomic E-state index is 12.9. The van der Waals surface area contributed by atoms with Gasteiger partial charge in [0.15, 0.2) is 6.61 Å². The maximum Gasteiger partial charge on any atom is 0.355 e. The van der Waals surface area contributed by atoms with Crippen molar-refractivity contribution in [2.45, 2.75) is 9.79 Å². The zero-order valence-corrected chi connectivity index (χ0v) is 15.0. The third-order valence-electron chi connectivity index (χ3n) is 3.88. The number of carbonyl (C=O) groups excluding carboxylic acids is 2. The van der Waals surface area contributed by atoms with Crippen LogP contribution in [0.15, 0.2) is 70.6 Å². The molecular weight excluding hydrogens is 372 g/mol. The van der Waals surface area contributed by atoms with Gasteiger partial charge in [-0.2, -0.15) is 0 Å². The number of carbonyl (C=O) groups is 2. The number of rotatable bonds is 3. The molecule has 3 aromatic rings. The van der Waals surface area contributed by atoms with Gasteiger partial charge < -0.3 is 9.72 Å². The van der Waals surface area contributed by atoms with Crippen molar-refractivity contribution < 1.29 is 14.3 Å². The molecule has 1 amide bonds. The number of para-hydroxylation sites is 1. The molecule has 0 radical (unpaired) electrons. The van der Waals surface area contributed by atoms with Gasteiger partial charge in [0.1, 0.15) is 5.69 Å². The summed E-state index contributed by atoms with van der Waals surface area (Å²) in [6.07, 6.45) is 1.62. The standard InChI is InChI=1S/C19H13ClN2O3S/c20-12-7-8-17-15(10-12)22(14-5-1-2-6-16(14)26-17)18(23)11-25-19(24)13-4-3-9-21-13/h1-10,21H,11H2. The van der Waals surface area contributed by atoms with Gasteiger partial charge in [0.25, 0.3) is 5.91 Å². The Morgan fingerprint density at radius 1 is 1.04 bits per heavy atom. The monoisotopic (exact) mass is 384 g/mol. The van der Waals surface area contributed by atoms with Gasteiger partial charge in [-0.15, -0.1) is 0 Å². The van der Waals surface area contributed by atoms with Gasteiger partial charge in [-0.1, -0.05) is 35.5 Å². The molecule has 0 saturated carbocycles. The smallest absolute Gasteiger partial charge is 0.355 e. The lowest BCUT2D eigenvalue weighted by Crippen LogP contribution is -2.32. The average Bonchev–Trinajstić information content (AvgIpc) is 3.19. The number of nitrogens with zero attached hydrogens (tertiary/aromatic N) is 1. The zero-order chi connectivity index (χ0) is 18.1. The topological polar surface area (TPSA) is 62.4 Å². The lowest BCUT2D eigenvalue weighted by molar-refractivity contribution is -0.121. The first kappa shape index (κ1) is 16.8.